The van der Waals surface area contributed by atoms with Gasteiger partial charge in [-0.1, -0.05) is 30.3 Å². The Balaban J connectivity index is 1.26. The second kappa shape index (κ2) is 5.49. The lowest BCUT2D eigenvalue weighted by Crippen LogP contribution is -2.57. The second-order valence-electron chi connectivity index (χ2n) is 9.55. The van der Waals surface area contributed by atoms with E-state index in [9.17, 15) is 4.79 Å². The van der Waals surface area contributed by atoms with E-state index in [1.54, 1.807) is 0 Å². The third-order valence-electron chi connectivity index (χ3n) is 7.78. The summed E-state index contributed by atoms with van der Waals surface area (Å²) < 4.78 is 0. The average molecular weight is 338 g/mol. The average Bonchev–Trinajstić information content (AvgIpc) is 3.35. The molecule has 2 N–H and O–H groups in total. The molecule has 5 fully saturated rings. The third-order valence-corrected chi connectivity index (χ3v) is 7.78. The lowest BCUT2D eigenvalue weighted by Gasteiger charge is -2.59. The van der Waals surface area contributed by atoms with Crippen molar-refractivity contribution in [2.75, 3.05) is 0 Å². The van der Waals surface area contributed by atoms with Crippen molar-refractivity contribution in [3.63, 3.8) is 0 Å². The van der Waals surface area contributed by atoms with Gasteiger partial charge in [-0.25, -0.2) is 4.79 Å². The highest BCUT2D eigenvalue weighted by Crippen LogP contribution is 2.61. The summed E-state index contributed by atoms with van der Waals surface area (Å²) >= 11 is 0. The van der Waals surface area contributed by atoms with Crippen LogP contribution in [-0.2, 0) is 5.54 Å². The fourth-order valence-electron chi connectivity index (χ4n) is 6.68. The molecule has 4 bridgehead atoms. The first-order chi connectivity index (χ1) is 12.1. The highest BCUT2D eigenvalue weighted by molar-refractivity contribution is 5.76. The van der Waals surface area contributed by atoms with E-state index in [4.69, 9.17) is 0 Å². The van der Waals surface area contributed by atoms with Crippen molar-refractivity contribution in [3.8, 4) is 0 Å². The summed E-state index contributed by atoms with van der Waals surface area (Å²) in [7, 11) is 0. The number of hydrogen-bond donors (Lipinski definition) is 2. The maximum absolute atomic E-state index is 12.8. The van der Waals surface area contributed by atoms with Crippen LogP contribution in [0.3, 0.4) is 0 Å². The molecule has 134 valence electrons. The first kappa shape index (κ1) is 15.7. The zero-order valence-corrected chi connectivity index (χ0v) is 15.3. The van der Waals surface area contributed by atoms with Gasteiger partial charge in [0.05, 0.1) is 5.54 Å². The molecule has 0 radical (unpaired) electrons. The van der Waals surface area contributed by atoms with E-state index in [2.05, 4.69) is 41.8 Å². The van der Waals surface area contributed by atoms with Crippen LogP contribution >= 0.6 is 0 Å². The Morgan fingerprint density at radius 3 is 2.08 bits per heavy atom. The van der Waals surface area contributed by atoms with Gasteiger partial charge in [0, 0.05) is 6.04 Å². The van der Waals surface area contributed by atoms with Gasteiger partial charge in [0.2, 0.25) is 0 Å². The van der Waals surface area contributed by atoms with Crippen molar-refractivity contribution < 1.29 is 4.79 Å². The maximum atomic E-state index is 12.8. The number of carbonyl (C=O) groups excluding carboxylic acids is 1. The van der Waals surface area contributed by atoms with Crippen molar-refractivity contribution in [1.29, 1.82) is 0 Å². The molecule has 0 spiro atoms. The second-order valence-corrected chi connectivity index (χ2v) is 9.55. The van der Waals surface area contributed by atoms with Gasteiger partial charge in [-0.2, -0.15) is 0 Å². The standard InChI is InChI=1S/C22H30N2O/c1-15(21-12-16-9-17(13-21)11-18(10-16)14-21)23-20(25)24-22(7-8-22)19-5-3-2-4-6-19/h2-6,15-18H,7-14H2,1H3,(H2,23,24,25)/t15-,16?,17?,18?,21?/m1/s1. The minimum atomic E-state index is -0.119. The van der Waals surface area contributed by atoms with Gasteiger partial charge in [-0.05, 0) is 87.0 Å². The minimum absolute atomic E-state index is 0.0320. The quantitative estimate of drug-likeness (QED) is 0.829. The number of rotatable bonds is 4. The van der Waals surface area contributed by atoms with Crippen LogP contribution in [0.15, 0.2) is 30.3 Å². The number of amides is 2. The van der Waals surface area contributed by atoms with Crippen molar-refractivity contribution in [3.05, 3.63) is 35.9 Å². The van der Waals surface area contributed by atoms with Gasteiger partial charge in [-0.3, -0.25) is 0 Å². The SMILES string of the molecule is C[C@@H](NC(=O)NC1(c2ccccc2)CC1)C12CC3CC(CC(C3)C1)C2. The Kier molecular flexibility index (Phi) is 3.45. The zero-order valence-electron chi connectivity index (χ0n) is 15.3. The van der Waals surface area contributed by atoms with Crippen LogP contribution in [0.5, 0.6) is 0 Å². The summed E-state index contributed by atoms with van der Waals surface area (Å²) in [4.78, 5) is 12.8. The van der Waals surface area contributed by atoms with Crippen LogP contribution in [0.2, 0.25) is 0 Å². The van der Waals surface area contributed by atoms with Crippen molar-refractivity contribution in [2.24, 2.45) is 23.2 Å². The van der Waals surface area contributed by atoms with Crippen molar-refractivity contribution in [2.45, 2.75) is 69.9 Å². The van der Waals surface area contributed by atoms with Crippen LogP contribution in [0.1, 0.15) is 63.9 Å². The molecule has 0 aromatic heterocycles. The van der Waals surface area contributed by atoms with Crippen LogP contribution in [0, 0.1) is 23.2 Å². The Bertz CT molecular complexity index is 629. The molecule has 6 rings (SSSR count). The highest BCUT2D eigenvalue weighted by Gasteiger charge is 2.53. The molecule has 5 saturated carbocycles. The van der Waals surface area contributed by atoms with Crippen LogP contribution in [-0.4, -0.2) is 12.1 Å². The minimum Gasteiger partial charge on any atom is -0.335 e. The fourth-order valence-corrected chi connectivity index (χ4v) is 6.68. The normalized spacial score (nSPS) is 38.2. The molecule has 1 aromatic carbocycles. The molecule has 0 unspecified atom stereocenters. The summed E-state index contributed by atoms with van der Waals surface area (Å²) in [5.41, 5.74) is 1.50. The summed E-state index contributed by atoms with van der Waals surface area (Å²) in [5, 5.41) is 6.65. The molecule has 3 heteroatoms. The lowest BCUT2D eigenvalue weighted by molar-refractivity contribution is -0.0682. The van der Waals surface area contributed by atoms with E-state index in [1.165, 1.54) is 44.1 Å². The molecule has 0 aliphatic heterocycles. The smallest absolute Gasteiger partial charge is 0.315 e. The highest BCUT2D eigenvalue weighted by atomic mass is 16.2. The maximum Gasteiger partial charge on any atom is 0.315 e. The Labute approximate surface area is 151 Å². The predicted molar refractivity (Wildman–Crippen MR) is 99.1 cm³/mol. The number of nitrogens with one attached hydrogen (secondary N) is 2. The number of carbonyl (C=O) groups is 1. The van der Waals surface area contributed by atoms with Gasteiger partial charge in [0.1, 0.15) is 0 Å². The topological polar surface area (TPSA) is 41.1 Å². The number of hydrogen-bond acceptors (Lipinski definition) is 1. The molecular formula is C22H30N2O. The predicted octanol–water partition coefficient (Wildman–Crippen LogP) is 4.58. The van der Waals surface area contributed by atoms with Gasteiger partial charge in [0.15, 0.2) is 0 Å². The molecule has 5 aliphatic carbocycles. The lowest BCUT2D eigenvalue weighted by atomic mass is 9.48. The Hall–Kier alpha value is -1.51. The third kappa shape index (κ3) is 2.67. The van der Waals surface area contributed by atoms with E-state index in [0.29, 0.717) is 5.41 Å². The Morgan fingerprint density at radius 1 is 1.00 bits per heavy atom. The van der Waals surface area contributed by atoms with E-state index < -0.39 is 0 Å². The first-order valence-electron chi connectivity index (χ1n) is 10.2. The number of benzene rings is 1. The summed E-state index contributed by atoms with van der Waals surface area (Å²) in [6.45, 7) is 2.26. The first-order valence-corrected chi connectivity index (χ1v) is 10.2. The molecule has 5 aliphatic rings. The molecule has 0 saturated heterocycles. The van der Waals surface area contributed by atoms with Gasteiger partial charge >= 0.3 is 6.03 Å². The number of urea groups is 1. The zero-order chi connectivity index (χ0) is 17.1. The fraction of sp³-hybridized carbons (Fsp3) is 0.682. The molecule has 2 amide bonds. The summed E-state index contributed by atoms with van der Waals surface area (Å²) in [5.74, 6) is 2.79. The van der Waals surface area contributed by atoms with E-state index in [0.717, 1.165) is 30.6 Å². The van der Waals surface area contributed by atoms with E-state index in [1.807, 2.05) is 6.07 Å². The van der Waals surface area contributed by atoms with Crippen molar-refractivity contribution in [1.82, 2.24) is 10.6 Å². The van der Waals surface area contributed by atoms with Gasteiger partial charge in [-0.15, -0.1) is 0 Å². The molecule has 3 nitrogen and oxygen atoms in total. The van der Waals surface area contributed by atoms with Crippen LogP contribution in [0.25, 0.3) is 0 Å². The monoisotopic (exact) mass is 338 g/mol. The molecule has 25 heavy (non-hydrogen) atoms. The molecule has 1 atom stereocenters. The van der Waals surface area contributed by atoms with Crippen LogP contribution in [0.4, 0.5) is 4.79 Å². The molecule has 1 aromatic rings. The summed E-state index contributed by atoms with van der Waals surface area (Å²) in [6, 6.07) is 10.7. The van der Waals surface area contributed by atoms with E-state index >= 15 is 0 Å². The van der Waals surface area contributed by atoms with Gasteiger partial charge in [0.25, 0.3) is 0 Å². The van der Waals surface area contributed by atoms with Gasteiger partial charge < -0.3 is 10.6 Å². The summed E-state index contributed by atoms with van der Waals surface area (Å²) in [6.07, 6.45) is 10.5. The van der Waals surface area contributed by atoms with Crippen LogP contribution < -0.4 is 10.6 Å². The molecular weight excluding hydrogens is 308 g/mol. The largest absolute Gasteiger partial charge is 0.335 e. The Morgan fingerprint density at radius 2 is 1.56 bits per heavy atom. The van der Waals surface area contributed by atoms with Crippen molar-refractivity contribution >= 4 is 6.03 Å². The molecule has 0 heterocycles. The van der Waals surface area contributed by atoms with E-state index in [-0.39, 0.29) is 17.6 Å².